The Morgan fingerprint density at radius 1 is 1.33 bits per heavy atom. The molecule has 0 fully saturated rings. The van der Waals surface area contributed by atoms with Crippen molar-refractivity contribution in [3.8, 4) is 0 Å². The summed E-state index contributed by atoms with van der Waals surface area (Å²) >= 11 is 0. The molecule has 0 aliphatic carbocycles. The van der Waals surface area contributed by atoms with Crippen LogP contribution in [0.25, 0.3) is 0 Å². The maximum Gasteiger partial charge on any atom is 0.0615 e. The molecule has 0 aromatic carbocycles. The SMILES string of the molecule is CC(O)CC/C(=C/CO)C(C)C. The van der Waals surface area contributed by atoms with E-state index in [4.69, 9.17) is 10.2 Å². The van der Waals surface area contributed by atoms with Gasteiger partial charge in [-0.2, -0.15) is 0 Å². The van der Waals surface area contributed by atoms with Gasteiger partial charge in [-0.25, -0.2) is 0 Å². The third kappa shape index (κ3) is 5.33. The van der Waals surface area contributed by atoms with Gasteiger partial charge in [0.05, 0.1) is 12.7 Å². The standard InChI is InChI=1S/C10H20O2/c1-8(2)10(6-7-11)5-4-9(3)12/h6,8-9,11-12H,4-5,7H2,1-3H3/b10-6-. The molecule has 1 atom stereocenters. The topological polar surface area (TPSA) is 40.5 Å². The molecule has 0 saturated carbocycles. The van der Waals surface area contributed by atoms with E-state index >= 15 is 0 Å². The molecule has 0 rings (SSSR count). The molecule has 0 heterocycles. The first-order valence-corrected chi connectivity index (χ1v) is 4.55. The molecular formula is C10H20O2. The van der Waals surface area contributed by atoms with Crippen molar-refractivity contribution in [2.45, 2.75) is 39.7 Å². The summed E-state index contributed by atoms with van der Waals surface area (Å²) in [6, 6.07) is 0. The fraction of sp³-hybridized carbons (Fsp3) is 0.800. The average Bonchev–Trinajstić information content (AvgIpc) is 1.96. The number of allylic oxidation sites excluding steroid dienone is 1. The molecule has 0 aromatic rings. The van der Waals surface area contributed by atoms with Crippen LogP contribution in [0.4, 0.5) is 0 Å². The Kier molecular flexibility index (Phi) is 6.03. The Hall–Kier alpha value is -0.340. The van der Waals surface area contributed by atoms with Gasteiger partial charge < -0.3 is 10.2 Å². The second-order valence-electron chi connectivity index (χ2n) is 3.50. The van der Waals surface area contributed by atoms with E-state index in [1.54, 1.807) is 6.92 Å². The minimum absolute atomic E-state index is 0.104. The van der Waals surface area contributed by atoms with Crippen molar-refractivity contribution in [1.29, 1.82) is 0 Å². The summed E-state index contributed by atoms with van der Waals surface area (Å²) in [6.07, 6.45) is 3.26. The van der Waals surface area contributed by atoms with Gasteiger partial charge in [0.15, 0.2) is 0 Å². The van der Waals surface area contributed by atoms with E-state index < -0.39 is 0 Å². The quantitative estimate of drug-likeness (QED) is 0.620. The minimum Gasteiger partial charge on any atom is -0.393 e. The van der Waals surface area contributed by atoms with E-state index in [1.165, 1.54) is 5.57 Å². The lowest BCUT2D eigenvalue weighted by molar-refractivity contribution is 0.184. The first-order chi connectivity index (χ1) is 5.57. The van der Waals surface area contributed by atoms with E-state index in [9.17, 15) is 0 Å². The van der Waals surface area contributed by atoms with Gasteiger partial charge in [-0.1, -0.05) is 25.5 Å². The van der Waals surface area contributed by atoms with Crippen LogP contribution in [0.3, 0.4) is 0 Å². The third-order valence-electron chi connectivity index (χ3n) is 1.95. The highest BCUT2D eigenvalue weighted by Crippen LogP contribution is 2.16. The van der Waals surface area contributed by atoms with Gasteiger partial charge in [-0.3, -0.25) is 0 Å². The number of aliphatic hydroxyl groups excluding tert-OH is 2. The molecule has 0 amide bonds. The van der Waals surface area contributed by atoms with Gasteiger partial charge in [0.25, 0.3) is 0 Å². The fourth-order valence-corrected chi connectivity index (χ4v) is 1.12. The summed E-state index contributed by atoms with van der Waals surface area (Å²) in [4.78, 5) is 0. The molecule has 1 unspecified atom stereocenters. The molecule has 0 aliphatic rings. The van der Waals surface area contributed by atoms with Crippen molar-refractivity contribution >= 4 is 0 Å². The predicted molar refractivity (Wildman–Crippen MR) is 50.9 cm³/mol. The van der Waals surface area contributed by atoms with Gasteiger partial charge in [0, 0.05) is 0 Å². The third-order valence-corrected chi connectivity index (χ3v) is 1.95. The van der Waals surface area contributed by atoms with Crippen LogP contribution in [0.15, 0.2) is 11.6 Å². The molecular weight excluding hydrogens is 152 g/mol. The highest BCUT2D eigenvalue weighted by Gasteiger charge is 2.04. The lowest BCUT2D eigenvalue weighted by atomic mass is 9.97. The zero-order valence-corrected chi connectivity index (χ0v) is 8.25. The van der Waals surface area contributed by atoms with Crippen LogP contribution in [0, 0.1) is 5.92 Å². The molecule has 72 valence electrons. The van der Waals surface area contributed by atoms with E-state index in [1.807, 2.05) is 6.08 Å². The first-order valence-electron chi connectivity index (χ1n) is 4.55. The zero-order valence-electron chi connectivity index (χ0n) is 8.25. The summed E-state index contributed by atoms with van der Waals surface area (Å²) in [5.41, 5.74) is 1.23. The second kappa shape index (κ2) is 6.21. The van der Waals surface area contributed by atoms with Crippen LogP contribution >= 0.6 is 0 Å². The Morgan fingerprint density at radius 3 is 2.25 bits per heavy atom. The van der Waals surface area contributed by atoms with Crippen molar-refractivity contribution in [2.24, 2.45) is 5.92 Å². The molecule has 2 nitrogen and oxygen atoms in total. The molecule has 2 heteroatoms. The maximum absolute atomic E-state index is 9.06. The summed E-state index contributed by atoms with van der Waals surface area (Å²) in [5, 5.41) is 17.8. The number of hydrogen-bond donors (Lipinski definition) is 2. The second-order valence-corrected chi connectivity index (χ2v) is 3.50. The van der Waals surface area contributed by atoms with Gasteiger partial charge in [0.2, 0.25) is 0 Å². The van der Waals surface area contributed by atoms with Gasteiger partial charge in [0.1, 0.15) is 0 Å². The molecule has 0 aromatic heterocycles. The molecule has 12 heavy (non-hydrogen) atoms. The van der Waals surface area contributed by atoms with E-state index in [0.29, 0.717) is 5.92 Å². The molecule has 0 bridgehead atoms. The average molecular weight is 172 g/mol. The number of hydrogen-bond acceptors (Lipinski definition) is 2. The summed E-state index contributed by atoms with van der Waals surface area (Å²) in [6.45, 7) is 6.09. The Labute approximate surface area is 74.9 Å². The fourth-order valence-electron chi connectivity index (χ4n) is 1.12. The minimum atomic E-state index is -0.245. The van der Waals surface area contributed by atoms with Gasteiger partial charge >= 0.3 is 0 Å². The van der Waals surface area contributed by atoms with E-state index in [2.05, 4.69) is 13.8 Å². The zero-order chi connectivity index (χ0) is 9.56. The highest BCUT2D eigenvalue weighted by molar-refractivity contribution is 5.04. The normalized spacial score (nSPS) is 15.3. The lowest BCUT2D eigenvalue weighted by Gasteiger charge is -2.11. The lowest BCUT2D eigenvalue weighted by Crippen LogP contribution is -2.03. The van der Waals surface area contributed by atoms with Crippen molar-refractivity contribution in [1.82, 2.24) is 0 Å². The molecule has 0 saturated heterocycles. The van der Waals surface area contributed by atoms with Gasteiger partial charge in [-0.05, 0) is 25.7 Å². The Bertz CT molecular complexity index is 137. The smallest absolute Gasteiger partial charge is 0.0615 e. The van der Waals surface area contributed by atoms with Crippen LogP contribution in [0.5, 0.6) is 0 Å². The largest absolute Gasteiger partial charge is 0.393 e. The van der Waals surface area contributed by atoms with E-state index in [-0.39, 0.29) is 12.7 Å². The van der Waals surface area contributed by atoms with Crippen molar-refractivity contribution in [2.75, 3.05) is 6.61 Å². The van der Waals surface area contributed by atoms with Crippen LogP contribution < -0.4 is 0 Å². The number of rotatable bonds is 5. The van der Waals surface area contributed by atoms with Crippen LogP contribution in [0.2, 0.25) is 0 Å². The first kappa shape index (κ1) is 11.7. The summed E-state index contributed by atoms with van der Waals surface area (Å²) in [5.74, 6) is 0.468. The van der Waals surface area contributed by atoms with Crippen molar-refractivity contribution < 1.29 is 10.2 Å². The van der Waals surface area contributed by atoms with E-state index in [0.717, 1.165) is 12.8 Å². The van der Waals surface area contributed by atoms with Crippen LogP contribution in [-0.2, 0) is 0 Å². The Morgan fingerprint density at radius 2 is 1.92 bits per heavy atom. The van der Waals surface area contributed by atoms with Gasteiger partial charge in [-0.15, -0.1) is 0 Å². The molecule has 0 aliphatic heterocycles. The van der Waals surface area contributed by atoms with Crippen LogP contribution in [-0.4, -0.2) is 22.9 Å². The summed E-state index contributed by atoms with van der Waals surface area (Å²) < 4.78 is 0. The van der Waals surface area contributed by atoms with Crippen molar-refractivity contribution in [3.63, 3.8) is 0 Å². The monoisotopic (exact) mass is 172 g/mol. The Balaban J connectivity index is 3.89. The predicted octanol–water partition coefficient (Wildman–Crippen LogP) is 1.72. The molecule has 0 radical (unpaired) electrons. The molecule has 0 spiro atoms. The summed E-state index contributed by atoms with van der Waals surface area (Å²) in [7, 11) is 0. The molecule has 2 N–H and O–H groups in total. The maximum atomic E-state index is 9.06. The number of aliphatic hydroxyl groups is 2. The van der Waals surface area contributed by atoms with Crippen molar-refractivity contribution in [3.05, 3.63) is 11.6 Å². The van der Waals surface area contributed by atoms with Crippen LogP contribution in [0.1, 0.15) is 33.6 Å². The highest BCUT2D eigenvalue weighted by atomic mass is 16.3.